The second-order valence-electron chi connectivity index (χ2n) is 9.10. The van der Waals surface area contributed by atoms with E-state index in [9.17, 15) is 19.5 Å². The largest absolute Gasteiger partial charge is 0.391 e. The number of aliphatic hydroxyl groups excluding tert-OH is 1. The first-order valence-corrected chi connectivity index (χ1v) is 11.3. The summed E-state index contributed by atoms with van der Waals surface area (Å²) >= 11 is 0. The number of carbonyl (C=O) groups excluding carboxylic acids is 3. The minimum absolute atomic E-state index is 0.0433. The van der Waals surface area contributed by atoms with E-state index in [0.717, 1.165) is 18.4 Å². The van der Waals surface area contributed by atoms with E-state index >= 15 is 0 Å². The number of amides is 3. The van der Waals surface area contributed by atoms with Crippen LogP contribution in [0.2, 0.25) is 0 Å². The Bertz CT molecular complexity index is 776. The number of nitrogens with zero attached hydrogens (tertiary/aromatic N) is 1. The van der Waals surface area contributed by atoms with Gasteiger partial charge in [0.15, 0.2) is 0 Å². The quantitative estimate of drug-likeness (QED) is 0.621. The number of benzene rings is 1. The zero-order valence-electron chi connectivity index (χ0n) is 18.6. The van der Waals surface area contributed by atoms with Crippen LogP contribution < -0.4 is 10.6 Å². The molecular formula is C24H35N3O4. The summed E-state index contributed by atoms with van der Waals surface area (Å²) in [5.74, 6) is -0.109. The van der Waals surface area contributed by atoms with Gasteiger partial charge in [0, 0.05) is 44.8 Å². The number of hydrogen-bond acceptors (Lipinski definition) is 4. The Hall–Kier alpha value is -2.41. The number of rotatable bonds is 5. The highest BCUT2D eigenvalue weighted by Crippen LogP contribution is 2.38. The van der Waals surface area contributed by atoms with Crippen LogP contribution in [-0.2, 0) is 19.8 Å². The Kier molecular flexibility index (Phi) is 7.70. The molecule has 1 aromatic rings. The van der Waals surface area contributed by atoms with Gasteiger partial charge in [-0.3, -0.25) is 14.4 Å². The predicted molar refractivity (Wildman–Crippen MR) is 118 cm³/mol. The summed E-state index contributed by atoms with van der Waals surface area (Å²) in [4.78, 5) is 37.8. The van der Waals surface area contributed by atoms with Crippen LogP contribution in [0.15, 0.2) is 30.3 Å². The third-order valence-corrected chi connectivity index (χ3v) is 7.00. The molecule has 3 N–H and O–H groups in total. The van der Waals surface area contributed by atoms with E-state index in [-0.39, 0.29) is 35.1 Å². The molecule has 0 radical (unpaired) electrons. The first-order valence-electron chi connectivity index (χ1n) is 11.3. The standard InChI is InChI=1S/C24H35N3O4/c1-17(28)26-21-8-12-24(13-9-22(21)30,20-6-4-3-5-7-20)16-25-23(31)19-10-14-27(15-11-19)18(2)29/h3-7,19,21-22,30H,8-16H2,1-2H3,(H,25,31)(H,26,28)/t21-,22-,24-/m0/s1. The highest BCUT2D eigenvalue weighted by Gasteiger charge is 2.39. The van der Waals surface area contributed by atoms with Crippen LogP contribution in [0.25, 0.3) is 0 Å². The van der Waals surface area contributed by atoms with Gasteiger partial charge in [-0.1, -0.05) is 30.3 Å². The molecule has 2 fully saturated rings. The van der Waals surface area contributed by atoms with Crippen molar-refractivity contribution in [2.45, 2.75) is 69.9 Å². The summed E-state index contributed by atoms with van der Waals surface area (Å²) in [6, 6.07) is 9.89. The zero-order valence-corrected chi connectivity index (χ0v) is 18.6. The maximum Gasteiger partial charge on any atom is 0.223 e. The van der Waals surface area contributed by atoms with Gasteiger partial charge >= 0.3 is 0 Å². The van der Waals surface area contributed by atoms with Gasteiger partial charge in [0.05, 0.1) is 12.1 Å². The summed E-state index contributed by atoms with van der Waals surface area (Å²) in [6.45, 7) is 4.80. The lowest BCUT2D eigenvalue weighted by atomic mass is 9.74. The molecule has 1 saturated carbocycles. The van der Waals surface area contributed by atoms with E-state index in [1.807, 2.05) is 18.2 Å². The van der Waals surface area contributed by atoms with Crippen LogP contribution in [0, 0.1) is 5.92 Å². The van der Waals surface area contributed by atoms with E-state index in [4.69, 9.17) is 0 Å². The number of likely N-dealkylation sites (tertiary alicyclic amines) is 1. The molecule has 7 heteroatoms. The van der Waals surface area contributed by atoms with Crippen molar-refractivity contribution >= 4 is 17.7 Å². The van der Waals surface area contributed by atoms with Gasteiger partial charge in [0.25, 0.3) is 0 Å². The van der Waals surface area contributed by atoms with E-state index in [0.29, 0.717) is 45.3 Å². The smallest absolute Gasteiger partial charge is 0.223 e. The Morgan fingerprint density at radius 3 is 2.29 bits per heavy atom. The molecule has 0 spiro atoms. The van der Waals surface area contributed by atoms with Crippen molar-refractivity contribution in [2.75, 3.05) is 19.6 Å². The Balaban J connectivity index is 1.70. The SMILES string of the molecule is CC(=O)N[C@H]1CC[C@](CNC(=O)C2CCN(C(C)=O)CC2)(c2ccccc2)CC[C@@H]1O. The molecule has 1 aliphatic heterocycles. The molecule has 3 amide bonds. The summed E-state index contributed by atoms with van der Waals surface area (Å²) in [5, 5.41) is 16.7. The molecule has 1 saturated heterocycles. The number of piperidine rings is 1. The lowest BCUT2D eigenvalue weighted by Gasteiger charge is -2.35. The lowest BCUT2D eigenvalue weighted by molar-refractivity contribution is -0.134. The van der Waals surface area contributed by atoms with Crippen molar-refractivity contribution in [1.82, 2.24) is 15.5 Å². The van der Waals surface area contributed by atoms with Crippen LogP contribution in [0.3, 0.4) is 0 Å². The molecule has 170 valence electrons. The van der Waals surface area contributed by atoms with Crippen LogP contribution in [0.4, 0.5) is 0 Å². The van der Waals surface area contributed by atoms with E-state index in [2.05, 4.69) is 22.8 Å². The molecule has 31 heavy (non-hydrogen) atoms. The van der Waals surface area contributed by atoms with Gasteiger partial charge < -0.3 is 20.6 Å². The minimum Gasteiger partial charge on any atom is -0.391 e. The van der Waals surface area contributed by atoms with Gasteiger partial charge in [-0.15, -0.1) is 0 Å². The third-order valence-electron chi connectivity index (χ3n) is 7.00. The Morgan fingerprint density at radius 1 is 1.03 bits per heavy atom. The topological polar surface area (TPSA) is 98.7 Å². The minimum atomic E-state index is -0.596. The predicted octanol–water partition coefficient (Wildman–Crippen LogP) is 1.74. The van der Waals surface area contributed by atoms with Crippen molar-refractivity contribution < 1.29 is 19.5 Å². The zero-order chi connectivity index (χ0) is 22.4. The van der Waals surface area contributed by atoms with Gasteiger partial charge in [0.2, 0.25) is 17.7 Å². The van der Waals surface area contributed by atoms with E-state index in [1.165, 1.54) is 6.92 Å². The van der Waals surface area contributed by atoms with Crippen LogP contribution in [0.5, 0.6) is 0 Å². The molecule has 0 aromatic heterocycles. The summed E-state index contributed by atoms with van der Waals surface area (Å²) in [7, 11) is 0. The number of hydrogen-bond donors (Lipinski definition) is 3. The fourth-order valence-electron chi connectivity index (χ4n) is 5.02. The van der Waals surface area contributed by atoms with Crippen LogP contribution >= 0.6 is 0 Å². The molecule has 7 nitrogen and oxygen atoms in total. The molecule has 2 aliphatic rings. The summed E-state index contributed by atoms with van der Waals surface area (Å²) in [6.07, 6.45) is 3.50. The van der Waals surface area contributed by atoms with Crippen molar-refractivity contribution in [3.05, 3.63) is 35.9 Å². The van der Waals surface area contributed by atoms with Crippen molar-refractivity contribution in [3.8, 4) is 0 Å². The highest BCUT2D eigenvalue weighted by molar-refractivity contribution is 5.79. The molecule has 1 aliphatic carbocycles. The third kappa shape index (κ3) is 5.85. The first-order chi connectivity index (χ1) is 14.8. The number of aliphatic hydroxyl groups is 1. The summed E-state index contributed by atoms with van der Waals surface area (Å²) in [5.41, 5.74) is 0.864. The van der Waals surface area contributed by atoms with E-state index in [1.54, 1.807) is 11.8 Å². The molecule has 0 bridgehead atoms. The van der Waals surface area contributed by atoms with Crippen molar-refractivity contribution in [2.24, 2.45) is 5.92 Å². The summed E-state index contributed by atoms with van der Waals surface area (Å²) < 4.78 is 0. The van der Waals surface area contributed by atoms with Crippen molar-refractivity contribution in [3.63, 3.8) is 0 Å². The number of nitrogens with one attached hydrogen (secondary N) is 2. The van der Waals surface area contributed by atoms with E-state index < -0.39 is 6.10 Å². The molecule has 1 aromatic carbocycles. The van der Waals surface area contributed by atoms with Gasteiger partial charge in [-0.2, -0.15) is 0 Å². The molecular weight excluding hydrogens is 394 g/mol. The highest BCUT2D eigenvalue weighted by atomic mass is 16.3. The van der Waals surface area contributed by atoms with Gasteiger partial charge in [-0.25, -0.2) is 0 Å². The fourth-order valence-corrected chi connectivity index (χ4v) is 5.02. The molecule has 3 rings (SSSR count). The van der Waals surface area contributed by atoms with Gasteiger partial charge in [0.1, 0.15) is 0 Å². The van der Waals surface area contributed by atoms with Crippen molar-refractivity contribution in [1.29, 1.82) is 0 Å². The second kappa shape index (κ2) is 10.3. The second-order valence-corrected chi connectivity index (χ2v) is 9.10. The Labute approximate surface area is 184 Å². The molecule has 3 atom stereocenters. The molecule has 1 heterocycles. The normalized spacial score (nSPS) is 27.3. The fraction of sp³-hybridized carbons (Fsp3) is 0.625. The molecule has 0 unspecified atom stereocenters. The van der Waals surface area contributed by atoms with Gasteiger partial charge in [-0.05, 0) is 44.1 Å². The maximum absolute atomic E-state index is 12.9. The average Bonchev–Trinajstić information content (AvgIpc) is 2.92. The monoisotopic (exact) mass is 429 g/mol. The lowest BCUT2D eigenvalue weighted by Crippen LogP contribution is -2.46. The number of carbonyl (C=O) groups is 3. The Morgan fingerprint density at radius 2 is 1.68 bits per heavy atom. The maximum atomic E-state index is 12.9. The first kappa shape index (κ1) is 23.3. The average molecular weight is 430 g/mol. The van der Waals surface area contributed by atoms with Crippen LogP contribution in [-0.4, -0.2) is 59.5 Å². The van der Waals surface area contributed by atoms with Crippen LogP contribution in [0.1, 0.15) is 57.9 Å².